The average Bonchev–Trinajstić information content (AvgIpc) is 3.06. The van der Waals surface area contributed by atoms with Crippen LogP contribution in [0.5, 0.6) is 0 Å². The standard InChI is InChI=1S/C19H36O3Si/c1-17(2,20)18-9-6-10-19(18,16-8-7-15(18)13-16)22-14-21-11-12-23(3,4)5/h15-16,20H,6-14H2,1-5H3. The van der Waals surface area contributed by atoms with Crippen molar-refractivity contribution in [2.24, 2.45) is 17.3 Å². The molecule has 4 heteroatoms. The summed E-state index contributed by atoms with van der Waals surface area (Å²) in [6.45, 7) is 12.4. The van der Waals surface area contributed by atoms with E-state index in [2.05, 4.69) is 19.6 Å². The number of ether oxygens (including phenoxy) is 2. The Labute approximate surface area is 143 Å². The Morgan fingerprint density at radius 1 is 1.13 bits per heavy atom. The van der Waals surface area contributed by atoms with Crippen LogP contribution in [0.3, 0.4) is 0 Å². The highest BCUT2D eigenvalue weighted by atomic mass is 28.3. The van der Waals surface area contributed by atoms with Gasteiger partial charge in [-0.25, -0.2) is 0 Å². The van der Waals surface area contributed by atoms with Gasteiger partial charge in [0.05, 0.1) is 11.2 Å². The van der Waals surface area contributed by atoms with Crippen LogP contribution in [0.4, 0.5) is 0 Å². The van der Waals surface area contributed by atoms with Crippen LogP contribution in [-0.2, 0) is 9.47 Å². The van der Waals surface area contributed by atoms with E-state index in [1.54, 1.807) is 0 Å². The van der Waals surface area contributed by atoms with Crippen molar-refractivity contribution in [3.8, 4) is 0 Å². The van der Waals surface area contributed by atoms with Crippen LogP contribution in [0.1, 0.15) is 52.4 Å². The van der Waals surface area contributed by atoms with Crippen LogP contribution in [0.2, 0.25) is 25.7 Å². The van der Waals surface area contributed by atoms with Gasteiger partial charge in [0, 0.05) is 20.1 Å². The fourth-order valence-corrected chi connectivity index (χ4v) is 7.02. The van der Waals surface area contributed by atoms with E-state index in [0.29, 0.717) is 18.6 Å². The van der Waals surface area contributed by atoms with Crippen molar-refractivity contribution in [3.63, 3.8) is 0 Å². The molecule has 0 aromatic carbocycles. The molecule has 0 aliphatic heterocycles. The second kappa shape index (κ2) is 5.82. The largest absolute Gasteiger partial charge is 0.390 e. The van der Waals surface area contributed by atoms with Crippen LogP contribution < -0.4 is 0 Å². The highest BCUT2D eigenvalue weighted by Gasteiger charge is 2.74. The van der Waals surface area contributed by atoms with E-state index >= 15 is 0 Å². The minimum atomic E-state index is -1.05. The van der Waals surface area contributed by atoms with Gasteiger partial charge < -0.3 is 14.6 Å². The Kier molecular flexibility index (Phi) is 4.53. The quantitative estimate of drug-likeness (QED) is 0.423. The molecule has 23 heavy (non-hydrogen) atoms. The van der Waals surface area contributed by atoms with Crippen molar-refractivity contribution in [2.75, 3.05) is 13.4 Å². The molecule has 3 fully saturated rings. The second-order valence-corrected chi connectivity index (χ2v) is 15.6. The molecule has 3 aliphatic rings. The fourth-order valence-electron chi connectivity index (χ4n) is 6.26. The summed E-state index contributed by atoms with van der Waals surface area (Å²) in [6, 6.07) is 1.19. The van der Waals surface area contributed by atoms with Gasteiger partial charge in [0.1, 0.15) is 6.79 Å². The lowest BCUT2D eigenvalue weighted by atomic mass is 9.57. The summed E-state index contributed by atoms with van der Waals surface area (Å²) in [5.41, 5.74) is -0.847. The van der Waals surface area contributed by atoms with Gasteiger partial charge in [-0.2, -0.15) is 0 Å². The molecule has 3 rings (SSSR count). The van der Waals surface area contributed by atoms with E-state index in [4.69, 9.17) is 9.47 Å². The predicted molar refractivity (Wildman–Crippen MR) is 96.2 cm³/mol. The molecule has 3 aliphatic carbocycles. The molecule has 2 bridgehead atoms. The van der Waals surface area contributed by atoms with E-state index in [0.717, 1.165) is 19.4 Å². The van der Waals surface area contributed by atoms with E-state index in [9.17, 15) is 5.11 Å². The van der Waals surface area contributed by atoms with Crippen LogP contribution in [0.25, 0.3) is 0 Å². The molecule has 134 valence electrons. The van der Waals surface area contributed by atoms with Gasteiger partial charge in [-0.1, -0.05) is 19.6 Å². The number of fused-ring (bicyclic) bond motifs is 5. The van der Waals surface area contributed by atoms with E-state index < -0.39 is 13.7 Å². The third-order valence-electron chi connectivity index (χ3n) is 7.15. The van der Waals surface area contributed by atoms with E-state index in [1.807, 2.05) is 13.8 Å². The van der Waals surface area contributed by atoms with Gasteiger partial charge in [-0.05, 0) is 70.3 Å². The summed E-state index contributed by atoms with van der Waals surface area (Å²) in [6.07, 6.45) is 7.21. The molecule has 0 aromatic heterocycles. The monoisotopic (exact) mass is 340 g/mol. The maximum atomic E-state index is 11.1. The lowest BCUT2D eigenvalue weighted by Crippen LogP contribution is -2.61. The highest BCUT2D eigenvalue weighted by molar-refractivity contribution is 6.76. The number of hydrogen-bond acceptors (Lipinski definition) is 3. The normalized spacial score (nSPS) is 39.9. The molecule has 0 aromatic rings. The molecular formula is C19H36O3Si. The van der Waals surface area contributed by atoms with Crippen molar-refractivity contribution in [3.05, 3.63) is 0 Å². The van der Waals surface area contributed by atoms with Crippen LogP contribution in [0.15, 0.2) is 0 Å². The summed E-state index contributed by atoms with van der Waals surface area (Å²) in [5.74, 6) is 1.26. The maximum absolute atomic E-state index is 11.1. The van der Waals surface area contributed by atoms with Crippen molar-refractivity contribution >= 4 is 8.07 Å². The molecule has 3 saturated carbocycles. The first-order valence-corrected chi connectivity index (χ1v) is 13.3. The van der Waals surface area contributed by atoms with Crippen molar-refractivity contribution in [2.45, 2.75) is 89.3 Å². The molecule has 0 heterocycles. The lowest BCUT2D eigenvalue weighted by molar-refractivity contribution is -0.246. The molecule has 3 nitrogen and oxygen atoms in total. The molecule has 4 atom stereocenters. The third-order valence-corrected chi connectivity index (χ3v) is 8.86. The first-order chi connectivity index (χ1) is 10.6. The SMILES string of the molecule is CC(C)(O)C12CCCC1(OCOCC[Si](C)(C)C)C1CCC2C1. The van der Waals surface area contributed by atoms with Gasteiger partial charge >= 0.3 is 0 Å². The zero-order valence-corrected chi connectivity index (χ0v) is 16.8. The first-order valence-electron chi connectivity index (χ1n) is 9.56. The smallest absolute Gasteiger partial charge is 0.147 e. The summed E-state index contributed by atoms with van der Waals surface area (Å²) in [7, 11) is -1.05. The summed E-state index contributed by atoms with van der Waals surface area (Å²) in [4.78, 5) is 0. The third kappa shape index (κ3) is 2.74. The fraction of sp³-hybridized carbons (Fsp3) is 1.00. The molecule has 1 N–H and O–H groups in total. The average molecular weight is 341 g/mol. The van der Waals surface area contributed by atoms with Crippen LogP contribution >= 0.6 is 0 Å². The van der Waals surface area contributed by atoms with Crippen molar-refractivity contribution in [1.82, 2.24) is 0 Å². The van der Waals surface area contributed by atoms with Crippen LogP contribution in [0, 0.1) is 17.3 Å². The van der Waals surface area contributed by atoms with E-state index in [1.165, 1.54) is 31.7 Å². The minimum Gasteiger partial charge on any atom is -0.390 e. The lowest BCUT2D eigenvalue weighted by Gasteiger charge is -2.54. The predicted octanol–water partition coefficient (Wildman–Crippen LogP) is 4.43. The summed E-state index contributed by atoms with van der Waals surface area (Å²) in [5, 5.41) is 11.1. The van der Waals surface area contributed by atoms with Gasteiger partial charge in [0.15, 0.2) is 0 Å². The van der Waals surface area contributed by atoms with Gasteiger partial charge in [0.25, 0.3) is 0 Å². The van der Waals surface area contributed by atoms with Gasteiger partial charge in [0.2, 0.25) is 0 Å². The molecule has 0 amide bonds. The molecule has 4 unspecified atom stereocenters. The molecule has 0 spiro atoms. The maximum Gasteiger partial charge on any atom is 0.147 e. The topological polar surface area (TPSA) is 38.7 Å². The highest BCUT2D eigenvalue weighted by Crippen LogP contribution is 2.73. The molecule has 0 radical (unpaired) electrons. The first kappa shape index (κ1) is 17.9. The number of hydrogen-bond donors (Lipinski definition) is 1. The van der Waals surface area contributed by atoms with E-state index in [-0.39, 0.29) is 11.0 Å². The Morgan fingerprint density at radius 2 is 1.83 bits per heavy atom. The summed E-state index contributed by atoms with van der Waals surface area (Å²) >= 11 is 0. The van der Waals surface area contributed by atoms with Gasteiger partial charge in [-0.3, -0.25) is 0 Å². The van der Waals surface area contributed by atoms with Gasteiger partial charge in [-0.15, -0.1) is 0 Å². The number of rotatable bonds is 7. The molecule has 0 saturated heterocycles. The van der Waals surface area contributed by atoms with Crippen molar-refractivity contribution < 1.29 is 14.6 Å². The number of aliphatic hydroxyl groups is 1. The van der Waals surface area contributed by atoms with Crippen LogP contribution in [-0.4, -0.2) is 37.8 Å². The Morgan fingerprint density at radius 3 is 2.48 bits per heavy atom. The Balaban J connectivity index is 1.69. The summed E-state index contributed by atoms with van der Waals surface area (Å²) < 4.78 is 12.4. The zero-order chi connectivity index (χ0) is 16.9. The Bertz CT molecular complexity index is 439. The Hall–Kier alpha value is 0.0969. The second-order valence-electron chi connectivity index (χ2n) is 9.96. The molecular weight excluding hydrogens is 304 g/mol. The minimum absolute atomic E-state index is 0.0505. The van der Waals surface area contributed by atoms with Crippen molar-refractivity contribution in [1.29, 1.82) is 0 Å². The zero-order valence-electron chi connectivity index (χ0n) is 15.8.